The van der Waals surface area contributed by atoms with Crippen LogP contribution in [0.1, 0.15) is 5.89 Å². The van der Waals surface area contributed by atoms with E-state index in [4.69, 9.17) is 16.0 Å². The van der Waals surface area contributed by atoms with Crippen molar-refractivity contribution in [1.29, 1.82) is 0 Å². The predicted molar refractivity (Wildman–Crippen MR) is 92.6 cm³/mol. The van der Waals surface area contributed by atoms with Crippen LogP contribution in [0.5, 0.6) is 0 Å². The molecule has 6 heteroatoms. The lowest BCUT2D eigenvalue weighted by Crippen LogP contribution is -1.80. The Bertz CT molecular complexity index is 949. The first-order valence-corrected chi connectivity index (χ1v) is 8.42. The standard InChI is InChI=1S/C17H12ClN3OS/c18-12-6-7-13-14(8-12)21-17(20-13)23-10-16-19-9-15(22-16)11-4-2-1-3-5-11/h1-9H,10H2,(H,20,21). The number of hydrogen-bond donors (Lipinski definition) is 1. The summed E-state index contributed by atoms with van der Waals surface area (Å²) in [6, 6.07) is 15.5. The molecule has 1 N–H and O–H groups in total. The van der Waals surface area contributed by atoms with Crippen LogP contribution in [0.2, 0.25) is 5.02 Å². The van der Waals surface area contributed by atoms with Gasteiger partial charge in [0.2, 0.25) is 5.89 Å². The Morgan fingerprint density at radius 2 is 2.00 bits per heavy atom. The van der Waals surface area contributed by atoms with Crippen LogP contribution < -0.4 is 0 Å². The van der Waals surface area contributed by atoms with Gasteiger partial charge in [-0.15, -0.1) is 0 Å². The molecule has 0 unspecified atom stereocenters. The van der Waals surface area contributed by atoms with Crippen molar-refractivity contribution in [2.24, 2.45) is 0 Å². The minimum atomic E-state index is 0.611. The summed E-state index contributed by atoms with van der Waals surface area (Å²) in [7, 11) is 0. The normalized spacial score (nSPS) is 11.2. The lowest BCUT2D eigenvalue weighted by atomic mass is 10.2. The number of nitrogens with zero attached hydrogens (tertiary/aromatic N) is 2. The predicted octanol–water partition coefficient (Wildman–Crippen LogP) is 5.16. The Morgan fingerprint density at radius 1 is 1.13 bits per heavy atom. The zero-order valence-corrected chi connectivity index (χ0v) is 13.6. The molecule has 0 aliphatic carbocycles. The van der Waals surface area contributed by atoms with E-state index < -0.39 is 0 Å². The van der Waals surface area contributed by atoms with Gasteiger partial charge in [0.15, 0.2) is 10.9 Å². The van der Waals surface area contributed by atoms with Gasteiger partial charge in [0.25, 0.3) is 0 Å². The molecule has 0 amide bonds. The fourth-order valence-electron chi connectivity index (χ4n) is 2.27. The summed E-state index contributed by atoms with van der Waals surface area (Å²) in [6.07, 6.45) is 1.75. The first kappa shape index (κ1) is 14.4. The first-order valence-electron chi connectivity index (χ1n) is 7.06. The van der Waals surface area contributed by atoms with Crippen LogP contribution in [0.3, 0.4) is 0 Å². The van der Waals surface area contributed by atoms with Gasteiger partial charge in [0.1, 0.15) is 0 Å². The molecule has 2 aromatic heterocycles. The second-order valence-electron chi connectivity index (χ2n) is 4.98. The maximum Gasteiger partial charge on any atom is 0.205 e. The van der Waals surface area contributed by atoms with Crippen molar-refractivity contribution in [3.05, 3.63) is 65.6 Å². The monoisotopic (exact) mass is 341 g/mol. The van der Waals surface area contributed by atoms with Crippen molar-refractivity contribution in [3.63, 3.8) is 0 Å². The maximum absolute atomic E-state index is 5.98. The number of imidazole rings is 1. The number of nitrogens with one attached hydrogen (secondary N) is 1. The van der Waals surface area contributed by atoms with E-state index >= 15 is 0 Å². The van der Waals surface area contributed by atoms with Gasteiger partial charge in [-0.2, -0.15) is 0 Å². The number of oxazole rings is 1. The number of aromatic nitrogens is 3. The molecule has 4 nitrogen and oxygen atoms in total. The average molecular weight is 342 g/mol. The third-order valence-electron chi connectivity index (χ3n) is 3.37. The van der Waals surface area contributed by atoms with Gasteiger partial charge in [-0.25, -0.2) is 9.97 Å². The molecule has 0 spiro atoms. The second kappa shape index (κ2) is 6.10. The largest absolute Gasteiger partial charge is 0.440 e. The first-order chi connectivity index (χ1) is 11.3. The fraction of sp³-hybridized carbons (Fsp3) is 0.0588. The summed E-state index contributed by atoms with van der Waals surface area (Å²) in [5.41, 5.74) is 2.85. The van der Waals surface area contributed by atoms with Crippen LogP contribution in [0.4, 0.5) is 0 Å². The fourth-order valence-corrected chi connectivity index (χ4v) is 3.18. The third kappa shape index (κ3) is 3.11. The summed E-state index contributed by atoms with van der Waals surface area (Å²) in [5.74, 6) is 2.06. The molecule has 2 heterocycles. The highest BCUT2D eigenvalue weighted by Gasteiger charge is 2.09. The topological polar surface area (TPSA) is 54.7 Å². The van der Waals surface area contributed by atoms with Crippen molar-refractivity contribution in [2.75, 3.05) is 0 Å². The van der Waals surface area contributed by atoms with Gasteiger partial charge in [0, 0.05) is 10.6 Å². The molecule has 0 saturated heterocycles. The number of H-pyrrole nitrogens is 1. The van der Waals surface area contributed by atoms with E-state index in [9.17, 15) is 0 Å². The molecular weight excluding hydrogens is 330 g/mol. The van der Waals surface area contributed by atoms with Crippen molar-refractivity contribution >= 4 is 34.4 Å². The third-order valence-corrected chi connectivity index (χ3v) is 4.46. The summed E-state index contributed by atoms with van der Waals surface area (Å²) in [4.78, 5) is 12.1. The lowest BCUT2D eigenvalue weighted by Gasteiger charge is -1.95. The quantitative estimate of drug-likeness (QED) is 0.521. The molecule has 0 saturated carbocycles. The number of rotatable bonds is 4. The van der Waals surface area contributed by atoms with E-state index in [0.29, 0.717) is 16.7 Å². The molecule has 23 heavy (non-hydrogen) atoms. The van der Waals surface area contributed by atoms with Gasteiger partial charge in [-0.1, -0.05) is 53.7 Å². The van der Waals surface area contributed by atoms with Crippen LogP contribution in [-0.4, -0.2) is 15.0 Å². The molecule has 2 aromatic carbocycles. The van der Waals surface area contributed by atoms with Crippen molar-refractivity contribution in [3.8, 4) is 11.3 Å². The minimum absolute atomic E-state index is 0.611. The molecular formula is C17H12ClN3OS. The van der Waals surface area contributed by atoms with Gasteiger partial charge in [0.05, 0.1) is 23.0 Å². The molecule has 0 aliphatic heterocycles. The number of halogens is 1. The highest BCUT2D eigenvalue weighted by molar-refractivity contribution is 7.98. The van der Waals surface area contributed by atoms with E-state index in [0.717, 1.165) is 27.5 Å². The molecule has 0 atom stereocenters. The number of thioether (sulfide) groups is 1. The zero-order valence-electron chi connectivity index (χ0n) is 12.0. The minimum Gasteiger partial charge on any atom is -0.440 e. The molecule has 114 valence electrons. The summed E-state index contributed by atoms with van der Waals surface area (Å²) < 4.78 is 5.79. The van der Waals surface area contributed by atoms with Crippen molar-refractivity contribution in [1.82, 2.24) is 15.0 Å². The number of aromatic amines is 1. The highest BCUT2D eigenvalue weighted by atomic mass is 35.5. The Labute approximate surface area is 141 Å². The van der Waals surface area contributed by atoms with E-state index in [1.165, 1.54) is 0 Å². The molecule has 0 radical (unpaired) electrons. The number of benzene rings is 2. The Kier molecular flexibility index (Phi) is 3.81. The molecule has 4 aromatic rings. The Balaban J connectivity index is 1.49. The van der Waals surface area contributed by atoms with Gasteiger partial charge in [-0.3, -0.25) is 0 Å². The Hall–Kier alpha value is -2.24. The second-order valence-corrected chi connectivity index (χ2v) is 6.38. The lowest BCUT2D eigenvalue weighted by molar-refractivity contribution is 0.530. The number of fused-ring (bicyclic) bond motifs is 1. The molecule has 0 fully saturated rings. The van der Waals surface area contributed by atoms with Crippen LogP contribution in [0.15, 0.2) is 64.3 Å². The van der Waals surface area contributed by atoms with E-state index in [-0.39, 0.29) is 0 Å². The van der Waals surface area contributed by atoms with E-state index in [2.05, 4.69) is 15.0 Å². The zero-order chi connectivity index (χ0) is 15.6. The van der Waals surface area contributed by atoms with E-state index in [1.54, 1.807) is 18.0 Å². The molecule has 4 rings (SSSR count). The highest BCUT2D eigenvalue weighted by Crippen LogP contribution is 2.26. The molecule has 0 aliphatic rings. The van der Waals surface area contributed by atoms with Crippen molar-refractivity contribution < 1.29 is 4.42 Å². The number of hydrogen-bond acceptors (Lipinski definition) is 4. The van der Waals surface area contributed by atoms with Gasteiger partial charge < -0.3 is 9.40 Å². The van der Waals surface area contributed by atoms with Crippen LogP contribution in [0, 0.1) is 0 Å². The van der Waals surface area contributed by atoms with Gasteiger partial charge in [-0.05, 0) is 18.2 Å². The SMILES string of the molecule is Clc1ccc2nc(SCc3ncc(-c4ccccc4)o3)[nH]c2c1. The molecule has 0 bridgehead atoms. The average Bonchev–Trinajstić information content (AvgIpc) is 3.20. The Morgan fingerprint density at radius 3 is 2.87 bits per heavy atom. The van der Waals surface area contributed by atoms with Gasteiger partial charge >= 0.3 is 0 Å². The van der Waals surface area contributed by atoms with Crippen molar-refractivity contribution in [2.45, 2.75) is 10.9 Å². The summed E-state index contributed by atoms with van der Waals surface area (Å²) in [5, 5.41) is 1.51. The van der Waals surface area contributed by atoms with Crippen LogP contribution in [0.25, 0.3) is 22.4 Å². The smallest absolute Gasteiger partial charge is 0.205 e. The maximum atomic E-state index is 5.98. The van der Waals surface area contributed by atoms with E-state index in [1.807, 2.05) is 48.5 Å². The summed E-state index contributed by atoms with van der Waals surface area (Å²) >= 11 is 7.53. The summed E-state index contributed by atoms with van der Waals surface area (Å²) in [6.45, 7) is 0. The van der Waals surface area contributed by atoms with Crippen LogP contribution >= 0.6 is 23.4 Å². The van der Waals surface area contributed by atoms with Crippen LogP contribution in [-0.2, 0) is 5.75 Å².